The summed E-state index contributed by atoms with van der Waals surface area (Å²) in [5.74, 6) is -0.270. The van der Waals surface area contributed by atoms with Crippen molar-refractivity contribution in [1.29, 1.82) is 0 Å². The first-order valence-corrected chi connectivity index (χ1v) is 5.40. The highest BCUT2D eigenvalue weighted by molar-refractivity contribution is 5.87. The van der Waals surface area contributed by atoms with Crippen LogP contribution in [0.25, 0.3) is 0 Å². The molecule has 0 aliphatic carbocycles. The van der Waals surface area contributed by atoms with Gasteiger partial charge in [0.15, 0.2) is 0 Å². The zero-order valence-corrected chi connectivity index (χ0v) is 10.1. The highest BCUT2D eigenvalue weighted by atomic mass is 16.2. The molecule has 0 aromatic carbocycles. The highest BCUT2D eigenvalue weighted by Crippen LogP contribution is 2.12. The lowest BCUT2D eigenvalue weighted by atomic mass is 9.98. The van der Waals surface area contributed by atoms with Crippen molar-refractivity contribution in [3.8, 4) is 0 Å². The molecule has 1 aromatic rings. The van der Waals surface area contributed by atoms with Crippen molar-refractivity contribution in [2.24, 2.45) is 0 Å². The molecule has 1 amide bonds. The Morgan fingerprint density at radius 2 is 2.24 bits per heavy atom. The lowest BCUT2D eigenvalue weighted by molar-refractivity contribution is -0.118. The minimum atomic E-state index is -0.429. The lowest BCUT2D eigenvalue weighted by Crippen LogP contribution is -2.43. The molecule has 1 rings (SSSR count). The number of nitrogens with zero attached hydrogens (tertiary/aromatic N) is 2. The predicted molar refractivity (Wildman–Crippen MR) is 64.5 cm³/mol. The number of carbonyl (C=O) groups is 2. The first-order valence-electron chi connectivity index (χ1n) is 5.40. The molecule has 0 saturated heterocycles. The van der Waals surface area contributed by atoms with Gasteiger partial charge in [-0.2, -0.15) is 0 Å². The second-order valence-corrected chi connectivity index (χ2v) is 4.44. The second-order valence-electron chi connectivity index (χ2n) is 4.44. The Morgan fingerprint density at radius 1 is 1.53 bits per heavy atom. The normalized spacial score (nSPS) is 10.9. The molecule has 0 aliphatic rings. The monoisotopic (exact) mass is 235 g/mol. The zero-order valence-electron chi connectivity index (χ0n) is 10.1. The molecule has 0 bridgehead atoms. The topological polar surface area (TPSA) is 64.0 Å². The Hall–Kier alpha value is -1.91. The first kappa shape index (κ1) is 13.2. The first-order chi connectivity index (χ1) is 7.94. The molecule has 92 valence electrons. The summed E-state index contributed by atoms with van der Waals surface area (Å²) in [7, 11) is 0. The van der Waals surface area contributed by atoms with Gasteiger partial charge in [-0.25, -0.2) is 4.98 Å². The number of nitrogens with one attached hydrogen (secondary N) is 1. The summed E-state index contributed by atoms with van der Waals surface area (Å²) in [6, 6.07) is 0. The Labute approximate surface area is 101 Å². The third-order valence-electron chi connectivity index (χ3n) is 2.40. The number of carbonyl (C=O) groups excluding carboxylic acids is 2. The Kier molecular flexibility index (Phi) is 4.20. The van der Waals surface area contributed by atoms with Crippen LogP contribution >= 0.6 is 0 Å². The molecule has 0 radical (unpaired) electrons. The second kappa shape index (κ2) is 5.43. The summed E-state index contributed by atoms with van der Waals surface area (Å²) in [6.07, 6.45) is 6.77. The molecule has 1 heterocycles. The van der Waals surface area contributed by atoms with E-state index in [1.807, 2.05) is 13.8 Å². The highest BCUT2D eigenvalue weighted by Gasteiger charge is 2.20. The van der Waals surface area contributed by atoms with Crippen LogP contribution in [0.3, 0.4) is 0 Å². The molecular formula is C12H17N3O2. The zero-order chi connectivity index (χ0) is 12.9. The van der Waals surface area contributed by atoms with E-state index in [9.17, 15) is 9.59 Å². The third-order valence-corrected chi connectivity index (χ3v) is 2.40. The summed E-state index contributed by atoms with van der Waals surface area (Å²) in [6.45, 7) is 7.13. The maximum absolute atomic E-state index is 11.7. The van der Waals surface area contributed by atoms with Crippen molar-refractivity contribution in [2.75, 3.05) is 0 Å². The maximum atomic E-state index is 11.7. The molecule has 0 fully saturated rings. The van der Waals surface area contributed by atoms with Gasteiger partial charge in [0.05, 0.1) is 0 Å². The van der Waals surface area contributed by atoms with E-state index >= 15 is 0 Å². The van der Waals surface area contributed by atoms with E-state index < -0.39 is 5.54 Å². The van der Waals surface area contributed by atoms with Crippen molar-refractivity contribution >= 4 is 11.8 Å². The quantitative estimate of drug-likeness (QED) is 0.784. The molecule has 17 heavy (non-hydrogen) atoms. The van der Waals surface area contributed by atoms with E-state index in [4.69, 9.17) is 0 Å². The summed E-state index contributed by atoms with van der Waals surface area (Å²) in [4.78, 5) is 26.7. The van der Waals surface area contributed by atoms with Crippen LogP contribution in [0.1, 0.15) is 31.5 Å². The fraction of sp³-hybridized carbons (Fsp3) is 0.417. The smallest absolute Gasteiger partial charge is 0.243 e. The Bertz CT molecular complexity index is 407. The minimum absolute atomic E-state index is 0.0385. The van der Waals surface area contributed by atoms with Crippen LogP contribution < -0.4 is 5.32 Å². The van der Waals surface area contributed by atoms with Gasteiger partial charge in [-0.05, 0) is 26.3 Å². The average molecular weight is 235 g/mol. The van der Waals surface area contributed by atoms with Crippen LogP contribution in [-0.4, -0.2) is 26.9 Å². The van der Waals surface area contributed by atoms with Gasteiger partial charge in [-0.15, -0.1) is 0 Å². The van der Waals surface area contributed by atoms with E-state index in [0.29, 0.717) is 12.8 Å². The number of hydrogen-bond acceptors (Lipinski definition) is 3. The van der Waals surface area contributed by atoms with Crippen LogP contribution in [0.2, 0.25) is 0 Å². The van der Waals surface area contributed by atoms with Crippen molar-refractivity contribution in [1.82, 2.24) is 14.9 Å². The van der Waals surface area contributed by atoms with E-state index in [1.165, 1.54) is 17.0 Å². The summed E-state index contributed by atoms with van der Waals surface area (Å²) in [5, 5.41) is 2.77. The Morgan fingerprint density at radius 3 is 2.76 bits per heavy atom. The minimum Gasteiger partial charge on any atom is -0.348 e. The van der Waals surface area contributed by atoms with Gasteiger partial charge in [0.1, 0.15) is 6.33 Å². The molecule has 0 saturated carbocycles. The van der Waals surface area contributed by atoms with Gasteiger partial charge in [0.2, 0.25) is 11.8 Å². The number of amides is 1. The van der Waals surface area contributed by atoms with Crippen LogP contribution in [0.5, 0.6) is 0 Å². The lowest BCUT2D eigenvalue weighted by Gasteiger charge is -2.25. The summed E-state index contributed by atoms with van der Waals surface area (Å²) in [5.41, 5.74) is -0.429. The van der Waals surface area contributed by atoms with Crippen molar-refractivity contribution in [2.45, 2.75) is 32.2 Å². The van der Waals surface area contributed by atoms with Crippen molar-refractivity contribution in [3.63, 3.8) is 0 Å². The average Bonchev–Trinajstić information content (AvgIpc) is 2.78. The molecular weight excluding hydrogens is 218 g/mol. The van der Waals surface area contributed by atoms with Gasteiger partial charge in [-0.1, -0.05) is 6.58 Å². The number of aromatic nitrogens is 2. The van der Waals surface area contributed by atoms with Gasteiger partial charge in [0.25, 0.3) is 0 Å². The number of rotatable bonds is 5. The maximum Gasteiger partial charge on any atom is 0.243 e. The van der Waals surface area contributed by atoms with E-state index in [0.717, 1.165) is 0 Å². The van der Waals surface area contributed by atoms with Crippen LogP contribution in [0.4, 0.5) is 0 Å². The molecule has 0 spiro atoms. The fourth-order valence-electron chi connectivity index (χ4n) is 1.40. The van der Waals surface area contributed by atoms with Crippen LogP contribution in [0, 0.1) is 0 Å². The van der Waals surface area contributed by atoms with Gasteiger partial charge < -0.3 is 5.32 Å². The molecule has 1 N–H and O–H groups in total. The third kappa shape index (κ3) is 4.22. The molecule has 0 unspecified atom stereocenters. The SMILES string of the molecule is C=CC(=O)NC(C)(C)CCC(=O)n1ccnc1. The van der Waals surface area contributed by atoms with Crippen LogP contribution in [-0.2, 0) is 4.79 Å². The molecule has 1 aromatic heterocycles. The molecule has 0 atom stereocenters. The van der Waals surface area contributed by atoms with Crippen LogP contribution in [0.15, 0.2) is 31.4 Å². The molecule has 0 aliphatic heterocycles. The van der Waals surface area contributed by atoms with Crippen molar-refractivity contribution in [3.05, 3.63) is 31.4 Å². The van der Waals surface area contributed by atoms with E-state index in [1.54, 1.807) is 12.4 Å². The standard InChI is InChI=1S/C12H17N3O2/c1-4-10(16)14-12(2,3)6-5-11(17)15-8-7-13-9-15/h4,7-9H,1,5-6H2,2-3H3,(H,14,16). The van der Waals surface area contributed by atoms with E-state index in [-0.39, 0.29) is 11.8 Å². The van der Waals surface area contributed by atoms with Gasteiger partial charge >= 0.3 is 0 Å². The molecule has 5 heteroatoms. The van der Waals surface area contributed by atoms with Crippen molar-refractivity contribution < 1.29 is 9.59 Å². The number of hydrogen-bond donors (Lipinski definition) is 1. The summed E-state index contributed by atoms with van der Waals surface area (Å²) < 4.78 is 1.44. The van der Waals surface area contributed by atoms with E-state index in [2.05, 4.69) is 16.9 Å². The predicted octanol–water partition coefficient (Wildman–Crippen LogP) is 1.38. The van der Waals surface area contributed by atoms with Gasteiger partial charge in [0, 0.05) is 24.4 Å². The molecule has 5 nitrogen and oxygen atoms in total. The fourth-order valence-corrected chi connectivity index (χ4v) is 1.40. The number of imidazole rings is 1. The van der Waals surface area contributed by atoms with Gasteiger partial charge in [-0.3, -0.25) is 14.2 Å². The Balaban J connectivity index is 2.47. The largest absolute Gasteiger partial charge is 0.348 e. The summed E-state index contributed by atoms with van der Waals surface area (Å²) >= 11 is 0.